The molecule has 0 N–H and O–H groups in total. The first-order chi connectivity index (χ1) is 15.3. The normalized spacial score (nSPS) is 12.2. The molecule has 176 valence electrons. The van der Waals surface area contributed by atoms with Crippen LogP contribution in [0.25, 0.3) is 11.1 Å². The monoisotopic (exact) mass is 477 g/mol. The van der Waals surface area contributed by atoms with Crippen LogP contribution in [0.15, 0.2) is 48.7 Å². The Morgan fingerprint density at radius 3 is 2.24 bits per heavy atom. The lowest BCUT2D eigenvalue weighted by molar-refractivity contribution is -0.143. The van der Waals surface area contributed by atoms with Crippen molar-refractivity contribution in [2.24, 2.45) is 5.41 Å². The predicted octanol–water partition coefficient (Wildman–Crippen LogP) is 6.70. The fourth-order valence-electron chi connectivity index (χ4n) is 3.75. The van der Waals surface area contributed by atoms with Crippen molar-refractivity contribution >= 4 is 17.5 Å². The number of hydrogen-bond acceptors (Lipinski definition) is 2. The zero-order valence-corrected chi connectivity index (χ0v) is 20.1. The van der Waals surface area contributed by atoms with E-state index >= 15 is 0 Å². The molecular formula is C25H27ClF3N3O. The van der Waals surface area contributed by atoms with Crippen molar-refractivity contribution in [3.05, 3.63) is 76.3 Å². The maximum atomic E-state index is 14.1. The number of hydrogen-bond donors (Lipinski definition) is 0. The molecule has 33 heavy (non-hydrogen) atoms. The Morgan fingerprint density at radius 1 is 1.09 bits per heavy atom. The molecule has 2 heterocycles. The van der Waals surface area contributed by atoms with E-state index in [2.05, 4.69) is 4.98 Å². The van der Waals surface area contributed by atoms with Gasteiger partial charge in [0.15, 0.2) is 0 Å². The highest BCUT2D eigenvalue weighted by atomic mass is 35.5. The largest absolute Gasteiger partial charge is 0.431 e. The quantitative estimate of drug-likeness (QED) is 0.410. The summed E-state index contributed by atoms with van der Waals surface area (Å²) < 4.78 is 43.4. The van der Waals surface area contributed by atoms with Crippen molar-refractivity contribution in [1.29, 1.82) is 0 Å². The summed E-state index contributed by atoms with van der Waals surface area (Å²) >= 11 is 5.99. The molecule has 1 amide bonds. The minimum atomic E-state index is -4.66. The Morgan fingerprint density at radius 2 is 1.73 bits per heavy atom. The highest BCUT2D eigenvalue weighted by Gasteiger charge is 2.39. The number of alkyl halides is 3. The maximum absolute atomic E-state index is 14.1. The third kappa shape index (κ3) is 5.96. The van der Waals surface area contributed by atoms with Gasteiger partial charge in [0.1, 0.15) is 11.4 Å². The van der Waals surface area contributed by atoms with Gasteiger partial charge in [-0.05, 0) is 47.7 Å². The van der Waals surface area contributed by atoms with Crippen molar-refractivity contribution in [3.63, 3.8) is 0 Å². The second-order valence-corrected chi connectivity index (χ2v) is 9.87. The number of nitrogens with zero attached hydrogens (tertiary/aromatic N) is 3. The van der Waals surface area contributed by atoms with Crippen molar-refractivity contribution in [2.45, 2.75) is 40.4 Å². The molecule has 8 heteroatoms. The SMILES string of the molecule is Cc1ccc(Cn2c(C(F)(F)F)cc(-c3ccc(Cl)cc3)c2C(=O)N(C)CC(C)(C)C)nc1. The first-order valence-corrected chi connectivity index (χ1v) is 10.9. The Bertz CT molecular complexity index is 1130. The zero-order valence-electron chi connectivity index (χ0n) is 19.3. The molecule has 0 saturated heterocycles. The summed E-state index contributed by atoms with van der Waals surface area (Å²) in [5, 5.41) is 0.454. The number of halogens is 4. The van der Waals surface area contributed by atoms with E-state index in [4.69, 9.17) is 11.6 Å². The van der Waals surface area contributed by atoms with Gasteiger partial charge >= 0.3 is 6.18 Å². The topological polar surface area (TPSA) is 38.1 Å². The Hall–Kier alpha value is -2.80. The molecule has 4 nitrogen and oxygen atoms in total. The van der Waals surface area contributed by atoms with Gasteiger partial charge in [0.25, 0.3) is 5.91 Å². The van der Waals surface area contributed by atoms with E-state index in [0.29, 0.717) is 22.8 Å². The highest BCUT2D eigenvalue weighted by Crippen LogP contribution is 2.38. The molecule has 1 aromatic carbocycles. The molecule has 0 unspecified atom stereocenters. The number of pyridine rings is 1. The van der Waals surface area contributed by atoms with Crippen LogP contribution in [0.5, 0.6) is 0 Å². The molecule has 0 aliphatic carbocycles. The molecule has 0 aliphatic heterocycles. The van der Waals surface area contributed by atoms with E-state index in [1.165, 1.54) is 4.90 Å². The van der Waals surface area contributed by atoms with Gasteiger partial charge in [0.2, 0.25) is 0 Å². The van der Waals surface area contributed by atoms with Crippen LogP contribution in [0.4, 0.5) is 13.2 Å². The first-order valence-electron chi connectivity index (χ1n) is 10.5. The van der Waals surface area contributed by atoms with Crippen molar-refractivity contribution in [1.82, 2.24) is 14.5 Å². The molecule has 0 aliphatic rings. The smallest absolute Gasteiger partial charge is 0.340 e. The second kappa shape index (κ2) is 9.21. The molecule has 3 aromatic rings. The lowest BCUT2D eigenvalue weighted by Gasteiger charge is -2.27. The van der Waals surface area contributed by atoms with Crippen LogP contribution in [-0.2, 0) is 12.7 Å². The van der Waals surface area contributed by atoms with Gasteiger partial charge in [0.05, 0.1) is 12.2 Å². The van der Waals surface area contributed by atoms with E-state index in [1.54, 1.807) is 49.6 Å². The Balaban J connectivity index is 2.24. The third-order valence-corrected chi connectivity index (χ3v) is 5.35. The summed E-state index contributed by atoms with van der Waals surface area (Å²) in [6.07, 6.45) is -3.06. The average molecular weight is 478 g/mol. The summed E-state index contributed by atoms with van der Waals surface area (Å²) in [6.45, 7) is 7.94. The third-order valence-electron chi connectivity index (χ3n) is 5.10. The predicted molar refractivity (Wildman–Crippen MR) is 124 cm³/mol. The van der Waals surface area contributed by atoms with Crippen LogP contribution in [-0.4, -0.2) is 34.0 Å². The van der Waals surface area contributed by atoms with Crippen LogP contribution in [0.2, 0.25) is 5.02 Å². The molecule has 0 bridgehead atoms. The standard InChI is InChI=1S/C25H27ClF3N3O/c1-16-6-11-19(30-13-16)14-32-21(25(27,28)29)12-20(17-7-9-18(26)10-8-17)22(32)23(33)31(5)15-24(2,3)4/h6-13H,14-15H2,1-5H3. The summed E-state index contributed by atoms with van der Waals surface area (Å²) in [7, 11) is 1.61. The zero-order chi connectivity index (χ0) is 24.6. The van der Waals surface area contributed by atoms with Crippen molar-refractivity contribution in [2.75, 3.05) is 13.6 Å². The van der Waals surface area contributed by atoms with Gasteiger partial charge in [-0.15, -0.1) is 0 Å². The first kappa shape index (κ1) is 24.8. The fraction of sp³-hybridized carbons (Fsp3) is 0.360. The van der Waals surface area contributed by atoms with Crippen molar-refractivity contribution < 1.29 is 18.0 Å². The summed E-state index contributed by atoms with van der Waals surface area (Å²) in [6, 6.07) is 10.9. The Labute approximate surface area is 197 Å². The minimum Gasteiger partial charge on any atom is -0.340 e. The van der Waals surface area contributed by atoms with Gasteiger partial charge in [-0.1, -0.05) is 50.6 Å². The molecular weight excluding hydrogens is 451 g/mol. The van der Waals surface area contributed by atoms with Crippen LogP contribution in [0.3, 0.4) is 0 Å². The van der Waals surface area contributed by atoms with Gasteiger partial charge in [-0.25, -0.2) is 0 Å². The van der Waals surface area contributed by atoms with Crippen LogP contribution >= 0.6 is 11.6 Å². The second-order valence-electron chi connectivity index (χ2n) is 9.43. The van der Waals surface area contributed by atoms with Gasteiger partial charge < -0.3 is 9.47 Å². The highest BCUT2D eigenvalue weighted by molar-refractivity contribution is 6.30. The minimum absolute atomic E-state index is 0.0289. The van der Waals surface area contributed by atoms with Gasteiger partial charge in [0, 0.05) is 30.4 Å². The summed E-state index contributed by atoms with van der Waals surface area (Å²) in [5.41, 5.74) is 0.849. The molecule has 0 atom stereocenters. The number of carbonyl (C=O) groups is 1. The van der Waals surface area contributed by atoms with E-state index in [9.17, 15) is 18.0 Å². The average Bonchev–Trinajstić information content (AvgIpc) is 3.08. The van der Waals surface area contributed by atoms with E-state index in [1.807, 2.05) is 27.7 Å². The van der Waals surface area contributed by atoms with Crippen LogP contribution in [0, 0.1) is 12.3 Å². The Kier molecular flexibility index (Phi) is 6.93. The number of aromatic nitrogens is 2. The molecule has 3 rings (SSSR count). The number of amides is 1. The van der Waals surface area contributed by atoms with E-state index in [0.717, 1.165) is 16.2 Å². The molecule has 0 fully saturated rings. The summed E-state index contributed by atoms with van der Waals surface area (Å²) in [4.78, 5) is 19.3. The number of aryl methyl sites for hydroxylation is 1. The number of benzene rings is 1. The molecule has 0 spiro atoms. The van der Waals surface area contributed by atoms with Gasteiger partial charge in [-0.2, -0.15) is 13.2 Å². The van der Waals surface area contributed by atoms with E-state index < -0.39 is 17.8 Å². The number of rotatable bonds is 5. The van der Waals surface area contributed by atoms with Crippen molar-refractivity contribution in [3.8, 4) is 11.1 Å². The van der Waals surface area contributed by atoms with Crippen LogP contribution in [0.1, 0.15) is 48.2 Å². The molecule has 0 radical (unpaired) electrons. The fourth-order valence-corrected chi connectivity index (χ4v) is 3.87. The van der Waals surface area contributed by atoms with Gasteiger partial charge in [-0.3, -0.25) is 9.78 Å². The summed E-state index contributed by atoms with van der Waals surface area (Å²) in [5.74, 6) is -0.488. The lowest BCUT2D eigenvalue weighted by Crippen LogP contribution is -2.36. The lowest BCUT2D eigenvalue weighted by atomic mass is 9.96. The number of carbonyl (C=O) groups excluding carboxylic acids is 1. The maximum Gasteiger partial charge on any atom is 0.431 e. The molecule has 0 saturated carbocycles. The van der Waals surface area contributed by atoms with Crippen LogP contribution < -0.4 is 0 Å². The molecule has 2 aromatic heterocycles. The van der Waals surface area contributed by atoms with E-state index in [-0.39, 0.29) is 23.2 Å².